The van der Waals surface area contributed by atoms with Gasteiger partial charge in [0.05, 0.1) is 6.10 Å². The van der Waals surface area contributed by atoms with Gasteiger partial charge in [0.1, 0.15) is 23.8 Å². The molecule has 18 heavy (non-hydrogen) atoms. The largest absolute Gasteiger partial charge is 0.487 e. The summed E-state index contributed by atoms with van der Waals surface area (Å²) in [5.74, 6) is 1.53. The lowest BCUT2D eigenvalue weighted by Crippen LogP contribution is -1.97. The van der Waals surface area contributed by atoms with Crippen molar-refractivity contribution in [1.29, 1.82) is 0 Å². The Labute approximate surface area is 106 Å². The standard InChI is InChI=1S/C14H17NO3/c1-3-14(16)11-4-6-13(7-5-11)17-9-12-8-10(2)18-15-12/h4-8,14,16H,3,9H2,1-2H3. The van der Waals surface area contributed by atoms with Crippen LogP contribution in [0, 0.1) is 6.92 Å². The number of nitrogens with zero attached hydrogens (tertiary/aromatic N) is 1. The van der Waals surface area contributed by atoms with E-state index in [1.165, 1.54) is 0 Å². The zero-order chi connectivity index (χ0) is 13.0. The van der Waals surface area contributed by atoms with Crippen LogP contribution in [0.5, 0.6) is 5.75 Å². The molecule has 2 rings (SSSR count). The first-order valence-electron chi connectivity index (χ1n) is 6.02. The summed E-state index contributed by atoms with van der Waals surface area (Å²) in [4.78, 5) is 0. The summed E-state index contributed by atoms with van der Waals surface area (Å²) in [6.07, 6.45) is 0.301. The Morgan fingerprint density at radius 2 is 2.06 bits per heavy atom. The molecule has 0 aliphatic heterocycles. The molecule has 0 amide bonds. The van der Waals surface area contributed by atoms with Crippen LogP contribution in [0.2, 0.25) is 0 Å². The van der Waals surface area contributed by atoms with E-state index in [2.05, 4.69) is 5.16 Å². The van der Waals surface area contributed by atoms with Crippen molar-refractivity contribution >= 4 is 0 Å². The number of ether oxygens (including phenoxy) is 1. The third kappa shape index (κ3) is 3.11. The van der Waals surface area contributed by atoms with Gasteiger partial charge in [-0.25, -0.2) is 0 Å². The van der Waals surface area contributed by atoms with Crippen LogP contribution in [0.3, 0.4) is 0 Å². The van der Waals surface area contributed by atoms with Gasteiger partial charge in [-0.1, -0.05) is 24.2 Å². The Hall–Kier alpha value is -1.81. The summed E-state index contributed by atoms with van der Waals surface area (Å²) < 4.78 is 10.5. The highest BCUT2D eigenvalue weighted by Gasteiger charge is 2.05. The fourth-order valence-corrected chi connectivity index (χ4v) is 1.67. The van der Waals surface area contributed by atoms with Crippen molar-refractivity contribution in [1.82, 2.24) is 5.16 Å². The number of hydrogen-bond donors (Lipinski definition) is 1. The highest BCUT2D eigenvalue weighted by Crippen LogP contribution is 2.20. The van der Waals surface area contributed by atoms with Crippen LogP contribution in [-0.4, -0.2) is 10.3 Å². The molecule has 1 heterocycles. The van der Waals surface area contributed by atoms with Gasteiger partial charge in [-0.3, -0.25) is 0 Å². The van der Waals surface area contributed by atoms with E-state index in [0.717, 1.165) is 22.8 Å². The first kappa shape index (κ1) is 12.6. The lowest BCUT2D eigenvalue weighted by Gasteiger charge is -2.09. The van der Waals surface area contributed by atoms with E-state index in [1.54, 1.807) is 0 Å². The third-order valence-corrected chi connectivity index (χ3v) is 2.72. The molecule has 2 aromatic rings. The lowest BCUT2D eigenvalue weighted by atomic mass is 10.1. The molecular weight excluding hydrogens is 230 g/mol. The van der Waals surface area contributed by atoms with Gasteiger partial charge in [0.25, 0.3) is 0 Å². The summed E-state index contributed by atoms with van der Waals surface area (Å²) >= 11 is 0. The van der Waals surface area contributed by atoms with Crippen LogP contribution in [0.1, 0.15) is 36.5 Å². The Bertz CT molecular complexity index is 490. The van der Waals surface area contributed by atoms with Crippen molar-refractivity contribution in [2.24, 2.45) is 0 Å². The van der Waals surface area contributed by atoms with Gasteiger partial charge in [0.2, 0.25) is 0 Å². The molecule has 0 fully saturated rings. The summed E-state index contributed by atoms with van der Waals surface area (Å²) in [6.45, 7) is 4.17. The molecule has 0 saturated carbocycles. The second-order valence-corrected chi connectivity index (χ2v) is 4.21. The molecule has 4 nitrogen and oxygen atoms in total. The Morgan fingerprint density at radius 3 is 2.61 bits per heavy atom. The molecular formula is C14H17NO3. The molecule has 0 saturated heterocycles. The van der Waals surface area contributed by atoms with E-state index in [1.807, 2.05) is 44.2 Å². The maximum Gasteiger partial charge on any atom is 0.134 e. The minimum Gasteiger partial charge on any atom is -0.487 e. The minimum absolute atomic E-state index is 0.382. The molecule has 96 valence electrons. The van der Waals surface area contributed by atoms with E-state index in [9.17, 15) is 5.11 Å². The van der Waals surface area contributed by atoms with E-state index >= 15 is 0 Å². The van der Waals surface area contributed by atoms with Gasteiger partial charge in [-0.2, -0.15) is 0 Å². The van der Waals surface area contributed by atoms with Gasteiger partial charge in [0.15, 0.2) is 0 Å². The molecule has 0 bridgehead atoms. The van der Waals surface area contributed by atoms with Crippen LogP contribution in [-0.2, 0) is 6.61 Å². The number of aryl methyl sites for hydroxylation is 1. The van der Waals surface area contributed by atoms with Gasteiger partial charge < -0.3 is 14.4 Å². The van der Waals surface area contributed by atoms with Gasteiger partial charge >= 0.3 is 0 Å². The Balaban J connectivity index is 1.94. The Morgan fingerprint density at radius 1 is 1.33 bits per heavy atom. The average molecular weight is 247 g/mol. The van der Waals surface area contributed by atoms with Crippen molar-refractivity contribution in [2.45, 2.75) is 33.0 Å². The van der Waals surface area contributed by atoms with E-state index in [4.69, 9.17) is 9.26 Å². The number of hydrogen-bond acceptors (Lipinski definition) is 4. The smallest absolute Gasteiger partial charge is 0.134 e. The van der Waals surface area contributed by atoms with Gasteiger partial charge in [0, 0.05) is 6.07 Å². The topological polar surface area (TPSA) is 55.5 Å². The first-order chi connectivity index (χ1) is 8.69. The SMILES string of the molecule is CCC(O)c1ccc(OCc2cc(C)on2)cc1. The fraction of sp³-hybridized carbons (Fsp3) is 0.357. The van der Waals surface area contributed by atoms with Crippen molar-refractivity contribution in [3.63, 3.8) is 0 Å². The number of aliphatic hydroxyl groups excluding tert-OH is 1. The first-order valence-corrected chi connectivity index (χ1v) is 6.02. The third-order valence-electron chi connectivity index (χ3n) is 2.72. The van der Waals surface area contributed by atoms with E-state index in [0.29, 0.717) is 13.0 Å². The summed E-state index contributed by atoms with van der Waals surface area (Å²) in [5, 5.41) is 13.5. The quantitative estimate of drug-likeness (QED) is 0.882. The molecule has 0 spiro atoms. The number of benzene rings is 1. The zero-order valence-electron chi connectivity index (χ0n) is 10.6. The molecule has 0 aliphatic rings. The minimum atomic E-state index is -0.405. The predicted molar refractivity (Wildman–Crippen MR) is 67.3 cm³/mol. The molecule has 4 heteroatoms. The second-order valence-electron chi connectivity index (χ2n) is 4.21. The van der Waals surface area contributed by atoms with Crippen molar-refractivity contribution in [2.75, 3.05) is 0 Å². The normalized spacial score (nSPS) is 12.4. The fourth-order valence-electron chi connectivity index (χ4n) is 1.67. The molecule has 1 N–H and O–H groups in total. The molecule has 0 aliphatic carbocycles. The van der Waals surface area contributed by atoms with Crippen molar-refractivity contribution in [3.05, 3.63) is 47.3 Å². The summed E-state index contributed by atoms with van der Waals surface area (Å²) in [7, 11) is 0. The summed E-state index contributed by atoms with van der Waals surface area (Å²) in [5.41, 5.74) is 1.67. The zero-order valence-corrected chi connectivity index (χ0v) is 10.6. The molecule has 1 atom stereocenters. The van der Waals surface area contributed by atoms with Crippen molar-refractivity contribution in [3.8, 4) is 5.75 Å². The molecule has 1 aromatic carbocycles. The van der Waals surface area contributed by atoms with Crippen LogP contribution in [0.25, 0.3) is 0 Å². The maximum absolute atomic E-state index is 9.67. The van der Waals surface area contributed by atoms with Crippen LogP contribution in [0.4, 0.5) is 0 Å². The number of rotatable bonds is 5. The average Bonchev–Trinajstić information content (AvgIpc) is 2.82. The Kier molecular flexibility index (Phi) is 3.99. The highest BCUT2D eigenvalue weighted by molar-refractivity contribution is 5.28. The maximum atomic E-state index is 9.67. The molecule has 0 radical (unpaired) electrons. The van der Waals surface area contributed by atoms with E-state index < -0.39 is 6.10 Å². The lowest BCUT2D eigenvalue weighted by molar-refractivity contribution is 0.173. The van der Waals surface area contributed by atoms with Crippen molar-refractivity contribution < 1.29 is 14.4 Å². The second kappa shape index (κ2) is 5.69. The van der Waals surface area contributed by atoms with Gasteiger partial charge in [-0.15, -0.1) is 0 Å². The number of aromatic nitrogens is 1. The van der Waals surface area contributed by atoms with Crippen LogP contribution < -0.4 is 4.74 Å². The van der Waals surface area contributed by atoms with Gasteiger partial charge in [-0.05, 0) is 31.0 Å². The van der Waals surface area contributed by atoms with Crippen LogP contribution >= 0.6 is 0 Å². The molecule has 1 aromatic heterocycles. The summed E-state index contributed by atoms with van der Waals surface area (Å²) in [6, 6.07) is 9.28. The predicted octanol–water partition coefficient (Wildman–Crippen LogP) is 3.01. The molecule has 1 unspecified atom stereocenters. The van der Waals surface area contributed by atoms with E-state index in [-0.39, 0.29) is 0 Å². The van der Waals surface area contributed by atoms with Crippen LogP contribution in [0.15, 0.2) is 34.9 Å². The highest BCUT2D eigenvalue weighted by atomic mass is 16.5. The monoisotopic (exact) mass is 247 g/mol. The number of aliphatic hydroxyl groups is 1.